The molecule has 1 rings (SSSR count). The molecule has 0 aliphatic rings. The molecule has 1 heterocycles. The first-order chi connectivity index (χ1) is 7.65. The maximum absolute atomic E-state index is 9.19. The topological polar surface area (TPSA) is 56.0 Å². The van der Waals surface area contributed by atoms with Crippen LogP contribution in [0, 0.1) is 17.2 Å². The summed E-state index contributed by atoms with van der Waals surface area (Å²) in [4.78, 5) is 1.87. The number of thiophene rings is 1. The molecule has 16 heavy (non-hydrogen) atoms. The van der Waals surface area contributed by atoms with Gasteiger partial charge in [-0.25, -0.2) is 0 Å². The molecule has 0 aliphatic heterocycles. The van der Waals surface area contributed by atoms with Gasteiger partial charge in [0.1, 0.15) is 10.9 Å². The minimum atomic E-state index is 0.146. The molecule has 1 aromatic rings. The maximum atomic E-state index is 9.19. The van der Waals surface area contributed by atoms with Gasteiger partial charge in [0.2, 0.25) is 0 Å². The lowest BCUT2D eigenvalue weighted by Gasteiger charge is -2.17. The largest absolute Gasteiger partial charge is 0.395 e. The molecule has 0 fully saturated rings. The quantitative estimate of drug-likeness (QED) is 0.798. The van der Waals surface area contributed by atoms with Gasteiger partial charge in [-0.1, -0.05) is 13.8 Å². The van der Waals surface area contributed by atoms with Crippen LogP contribution < -0.4 is 5.32 Å². The summed E-state index contributed by atoms with van der Waals surface area (Å²) in [6.07, 6.45) is 0.965. The van der Waals surface area contributed by atoms with Crippen LogP contribution >= 0.6 is 11.3 Å². The molecule has 0 radical (unpaired) electrons. The average molecular weight is 238 g/mol. The molecule has 0 spiro atoms. The first-order valence-corrected chi connectivity index (χ1v) is 6.30. The molecular formula is C12H18N2OS. The second-order valence-electron chi connectivity index (χ2n) is 4.27. The van der Waals surface area contributed by atoms with Crippen molar-refractivity contribution in [3.8, 4) is 6.07 Å². The van der Waals surface area contributed by atoms with Crippen LogP contribution in [0.3, 0.4) is 0 Å². The molecular weight excluding hydrogens is 220 g/mol. The number of rotatable bonds is 6. The number of nitriles is 1. The molecule has 88 valence electrons. The lowest BCUT2D eigenvalue weighted by molar-refractivity contribution is 0.224. The Labute approximate surface area is 101 Å². The SMILES string of the molecule is CC(C)CC(CO)NCc1ccc(C#N)s1. The molecule has 2 N–H and O–H groups in total. The molecule has 0 amide bonds. The van der Waals surface area contributed by atoms with Crippen molar-refractivity contribution in [3.63, 3.8) is 0 Å². The summed E-state index contributed by atoms with van der Waals surface area (Å²) in [5.74, 6) is 0.572. The van der Waals surface area contributed by atoms with Gasteiger partial charge in [0.05, 0.1) is 6.61 Å². The smallest absolute Gasteiger partial charge is 0.110 e. The van der Waals surface area contributed by atoms with Crippen molar-refractivity contribution in [3.05, 3.63) is 21.9 Å². The molecule has 0 saturated carbocycles. The van der Waals surface area contributed by atoms with Crippen LogP contribution in [0.4, 0.5) is 0 Å². The van der Waals surface area contributed by atoms with E-state index in [1.54, 1.807) is 0 Å². The van der Waals surface area contributed by atoms with Gasteiger partial charge in [0.15, 0.2) is 0 Å². The summed E-state index contributed by atoms with van der Waals surface area (Å²) in [7, 11) is 0. The molecule has 0 bridgehead atoms. The summed E-state index contributed by atoms with van der Waals surface area (Å²) < 4.78 is 0. The van der Waals surface area contributed by atoms with Crippen LogP contribution in [0.15, 0.2) is 12.1 Å². The third-order valence-corrected chi connectivity index (χ3v) is 3.30. The Bertz CT molecular complexity index is 354. The highest BCUT2D eigenvalue weighted by Crippen LogP contribution is 2.15. The minimum absolute atomic E-state index is 0.146. The van der Waals surface area contributed by atoms with Gasteiger partial charge >= 0.3 is 0 Å². The summed E-state index contributed by atoms with van der Waals surface area (Å²) >= 11 is 1.50. The zero-order chi connectivity index (χ0) is 12.0. The Balaban J connectivity index is 2.40. The highest BCUT2D eigenvalue weighted by atomic mass is 32.1. The van der Waals surface area contributed by atoms with Crippen LogP contribution in [0.25, 0.3) is 0 Å². The van der Waals surface area contributed by atoms with Gasteiger partial charge in [0.25, 0.3) is 0 Å². The first kappa shape index (κ1) is 13.2. The Morgan fingerprint density at radius 1 is 1.50 bits per heavy atom. The molecule has 1 atom stereocenters. The molecule has 4 heteroatoms. The van der Waals surface area contributed by atoms with Gasteiger partial charge in [-0.05, 0) is 24.5 Å². The van der Waals surface area contributed by atoms with Crippen molar-refractivity contribution < 1.29 is 5.11 Å². The van der Waals surface area contributed by atoms with Crippen LogP contribution in [0.5, 0.6) is 0 Å². The Kier molecular flexibility index (Phi) is 5.47. The van der Waals surface area contributed by atoms with Crippen molar-refractivity contribution in [2.75, 3.05) is 6.61 Å². The van der Waals surface area contributed by atoms with Gasteiger partial charge < -0.3 is 10.4 Å². The van der Waals surface area contributed by atoms with Crippen LogP contribution in [0.1, 0.15) is 30.0 Å². The van der Waals surface area contributed by atoms with E-state index < -0.39 is 0 Å². The number of nitrogens with zero attached hydrogens (tertiary/aromatic N) is 1. The standard InChI is InChI=1S/C12H18N2OS/c1-9(2)5-10(8-15)14-7-12-4-3-11(6-13)16-12/h3-4,9-10,14-15H,5,7-8H2,1-2H3. The number of aliphatic hydroxyl groups excluding tert-OH is 1. The van der Waals surface area contributed by atoms with Gasteiger partial charge in [0, 0.05) is 17.5 Å². The van der Waals surface area contributed by atoms with Crippen molar-refractivity contribution >= 4 is 11.3 Å². The zero-order valence-electron chi connectivity index (χ0n) is 9.73. The van der Waals surface area contributed by atoms with E-state index in [0.717, 1.165) is 22.7 Å². The second kappa shape index (κ2) is 6.64. The van der Waals surface area contributed by atoms with E-state index in [-0.39, 0.29) is 12.6 Å². The maximum Gasteiger partial charge on any atom is 0.110 e. The van der Waals surface area contributed by atoms with Gasteiger partial charge in [-0.2, -0.15) is 5.26 Å². The second-order valence-corrected chi connectivity index (χ2v) is 5.44. The number of nitrogens with one attached hydrogen (secondary N) is 1. The lowest BCUT2D eigenvalue weighted by Crippen LogP contribution is -2.32. The van der Waals surface area contributed by atoms with E-state index in [1.807, 2.05) is 12.1 Å². The van der Waals surface area contributed by atoms with Crippen LogP contribution in [-0.2, 0) is 6.54 Å². The highest BCUT2D eigenvalue weighted by molar-refractivity contribution is 7.12. The molecule has 0 aliphatic carbocycles. The molecule has 1 aromatic heterocycles. The normalized spacial score (nSPS) is 12.7. The summed E-state index contributed by atoms with van der Waals surface area (Å²) in [5, 5.41) is 21.2. The predicted octanol–water partition coefficient (Wildman–Crippen LogP) is 2.12. The Morgan fingerprint density at radius 2 is 2.25 bits per heavy atom. The minimum Gasteiger partial charge on any atom is -0.395 e. The van der Waals surface area contributed by atoms with Crippen LogP contribution in [-0.4, -0.2) is 17.8 Å². The molecule has 3 nitrogen and oxygen atoms in total. The fraction of sp³-hybridized carbons (Fsp3) is 0.583. The third kappa shape index (κ3) is 4.31. The van der Waals surface area contributed by atoms with E-state index in [2.05, 4.69) is 25.2 Å². The number of hydrogen-bond donors (Lipinski definition) is 2. The monoisotopic (exact) mass is 238 g/mol. The number of aliphatic hydroxyl groups is 1. The van der Waals surface area contributed by atoms with Crippen molar-refractivity contribution in [2.45, 2.75) is 32.9 Å². The molecule has 1 unspecified atom stereocenters. The first-order valence-electron chi connectivity index (χ1n) is 5.48. The summed E-state index contributed by atoms with van der Waals surface area (Å²) in [6, 6.07) is 6.06. The average Bonchev–Trinajstić information content (AvgIpc) is 2.71. The van der Waals surface area contributed by atoms with Crippen molar-refractivity contribution in [1.29, 1.82) is 5.26 Å². The number of hydrogen-bond acceptors (Lipinski definition) is 4. The van der Waals surface area contributed by atoms with E-state index >= 15 is 0 Å². The van der Waals surface area contributed by atoms with Gasteiger partial charge in [-0.3, -0.25) is 0 Å². The van der Waals surface area contributed by atoms with Gasteiger partial charge in [-0.15, -0.1) is 11.3 Å². The summed E-state index contributed by atoms with van der Waals surface area (Å²) in [6.45, 7) is 5.17. The molecule has 0 aromatic carbocycles. The van der Waals surface area contributed by atoms with E-state index in [0.29, 0.717) is 5.92 Å². The molecule has 0 saturated heterocycles. The fourth-order valence-corrected chi connectivity index (χ4v) is 2.33. The van der Waals surface area contributed by atoms with E-state index in [1.165, 1.54) is 11.3 Å². The zero-order valence-corrected chi connectivity index (χ0v) is 10.5. The van der Waals surface area contributed by atoms with Crippen LogP contribution in [0.2, 0.25) is 0 Å². The Morgan fingerprint density at radius 3 is 2.75 bits per heavy atom. The predicted molar refractivity (Wildman–Crippen MR) is 66.2 cm³/mol. The highest BCUT2D eigenvalue weighted by Gasteiger charge is 2.09. The van der Waals surface area contributed by atoms with Crippen molar-refractivity contribution in [2.24, 2.45) is 5.92 Å². The van der Waals surface area contributed by atoms with E-state index in [9.17, 15) is 5.11 Å². The van der Waals surface area contributed by atoms with E-state index in [4.69, 9.17) is 5.26 Å². The fourth-order valence-electron chi connectivity index (χ4n) is 1.57. The summed E-state index contributed by atoms with van der Waals surface area (Å²) in [5.41, 5.74) is 0. The Hall–Kier alpha value is -0.890. The van der Waals surface area contributed by atoms with Crippen molar-refractivity contribution in [1.82, 2.24) is 5.32 Å². The lowest BCUT2D eigenvalue weighted by atomic mass is 10.0. The third-order valence-electron chi connectivity index (χ3n) is 2.31.